The van der Waals surface area contributed by atoms with Gasteiger partial charge in [0.15, 0.2) is 0 Å². The van der Waals surface area contributed by atoms with Crippen molar-refractivity contribution in [2.24, 2.45) is 5.92 Å². The number of nitrogens with zero attached hydrogens (tertiary/aromatic N) is 2. The monoisotopic (exact) mass is 632 g/mol. The molecule has 0 unspecified atom stereocenters. The average Bonchev–Trinajstić information content (AvgIpc) is 2.97. The molecule has 0 radical (unpaired) electrons. The third-order valence-electron chi connectivity index (χ3n) is 7.62. The van der Waals surface area contributed by atoms with E-state index >= 15 is 0 Å². The second-order valence-electron chi connectivity index (χ2n) is 10.9. The van der Waals surface area contributed by atoms with Crippen molar-refractivity contribution in [1.29, 1.82) is 0 Å². The first-order chi connectivity index (χ1) is 20.1. The molecule has 3 aromatic carbocycles. The number of hydrogen-bond donors (Lipinski definition) is 2. The number of piperidine rings is 1. The van der Waals surface area contributed by atoms with E-state index in [1.54, 1.807) is 41.3 Å². The number of carbonyl (C=O) groups is 1. The Morgan fingerprint density at radius 2 is 1.51 bits per heavy atom. The van der Waals surface area contributed by atoms with Gasteiger partial charge in [0.1, 0.15) is 17.3 Å². The fraction of sp³-hybridized carbons (Fsp3) is 0.406. The van der Waals surface area contributed by atoms with Gasteiger partial charge in [-0.3, -0.25) is 14.5 Å². The molecule has 43 heavy (non-hydrogen) atoms. The van der Waals surface area contributed by atoms with Crippen LogP contribution in [0.25, 0.3) is 0 Å². The zero-order valence-electron chi connectivity index (χ0n) is 25.0. The first kappa shape index (κ1) is 34.2. The van der Waals surface area contributed by atoms with Gasteiger partial charge < -0.3 is 10.1 Å². The van der Waals surface area contributed by atoms with E-state index in [0.29, 0.717) is 35.3 Å². The molecular weight excluding hydrogens is 591 g/mol. The molecule has 1 fully saturated rings. The van der Waals surface area contributed by atoms with Crippen LogP contribution >= 0.6 is 12.4 Å². The van der Waals surface area contributed by atoms with Gasteiger partial charge in [0.05, 0.1) is 6.26 Å². The number of rotatable bonds is 12. The van der Waals surface area contributed by atoms with Crippen LogP contribution in [-0.4, -0.2) is 51.3 Å². The van der Waals surface area contributed by atoms with E-state index in [4.69, 9.17) is 4.74 Å². The minimum atomic E-state index is -3.32. The molecule has 3 aromatic rings. The molecule has 1 aliphatic heterocycles. The second kappa shape index (κ2) is 15.9. The minimum absolute atomic E-state index is 0. The van der Waals surface area contributed by atoms with Crippen LogP contribution in [0.4, 0.5) is 20.6 Å². The summed E-state index contributed by atoms with van der Waals surface area (Å²) in [5.41, 5.74) is 2.37. The Hall–Kier alpha value is -3.34. The molecule has 2 amide bonds. The summed E-state index contributed by atoms with van der Waals surface area (Å²) in [6.07, 6.45) is 4.79. The van der Waals surface area contributed by atoms with Crippen LogP contribution in [0.2, 0.25) is 0 Å². The smallest absolute Gasteiger partial charge is 0.322 e. The van der Waals surface area contributed by atoms with Crippen molar-refractivity contribution in [2.45, 2.75) is 52.1 Å². The van der Waals surface area contributed by atoms with Gasteiger partial charge >= 0.3 is 6.03 Å². The Kier molecular flexibility index (Phi) is 12.7. The van der Waals surface area contributed by atoms with Crippen molar-refractivity contribution < 1.29 is 22.3 Å². The summed E-state index contributed by atoms with van der Waals surface area (Å²) >= 11 is 0. The van der Waals surface area contributed by atoms with Crippen molar-refractivity contribution in [3.8, 4) is 11.5 Å². The molecule has 0 spiro atoms. The van der Waals surface area contributed by atoms with E-state index in [1.165, 1.54) is 17.7 Å². The van der Waals surface area contributed by atoms with E-state index in [2.05, 4.69) is 28.8 Å². The molecule has 2 N–H and O–H groups in total. The normalized spacial score (nSPS) is 14.2. The fourth-order valence-electron chi connectivity index (χ4n) is 5.08. The summed E-state index contributed by atoms with van der Waals surface area (Å²) in [6, 6.07) is 20.8. The van der Waals surface area contributed by atoms with Crippen LogP contribution in [0, 0.1) is 11.7 Å². The van der Waals surface area contributed by atoms with Gasteiger partial charge in [-0.15, -0.1) is 12.4 Å². The van der Waals surface area contributed by atoms with Crippen molar-refractivity contribution >= 4 is 39.8 Å². The summed E-state index contributed by atoms with van der Waals surface area (Å²) < 4.78 is 44.6. The SMILES string of the molecule is CCC(CC)CN(C(=O)NC1CCN(Cc2ccc(Oc3ccc(NS(C)(=O)=O)cc3)cc2)CC1)c1ccc(F)cc1.Cl. The highest BCUT2D eigenvalue weighted by Crippen LogP contribution is 2.25. The zero-order chi connectivity index (χ0) is 30.1. The van der Waals surface area contributed by atoms with Gasteiger partial charge in [0.25, 0.3) is 0 Å². The minimum Gasteiger partial charge on any atom is -0.457 e. The number of ether oxygens (including phenoxy) is 1. The Balaban J connectivity index is 0.00000506. The molecule has 0 bridgehead atoms. The van der Waals surface area contributed by atoms with Crippen LogP contribution in [0.5, 0.6) is 11.5 Å². The average molecular weight is 633 g/mol. The number of nitrogens with one attached hydrogen (secondary N) is 2. The number of anilines is 2. The molecule has 1 saturated heterocycles. The van der Waals surface area contributed by atoms with Crippen LogP contribution in [0.15, 0.2) is 72.8 Å². The molecule has 11 heteroatoms. The van der Waals surface area contributed by atoms with Crippen LogP contribution in [0.3, 0.4) is 0 Å². The Morgan fingerprint density at radius 1 is 0.953 bits per heavy atom. The van der Waals surface area contributed by atoms with Crippen molar-refractivity contribution in [3.05, 3.63) is 84.2 Å². The van der Waals surface area contributed by atoms with Gasteiger partial charge in [0.2, 0.25) is 10.0 Å². The van der Waals surface area contributed by atoms with Crippen molar-refractivity contribution in [2.75, 3.05) is 35.5 Å². The summed E-state index contributed by atoms with van der Waals surface area (Å²) in [6.45, 7) is 7.43. The number of hydrogen-bond acceptors (Lipinski definition) is 5. The first-order valence-corrected chi connectivity index (χ1v) is 16.4. The molecule has 4 rings (SSSR count). The number of amides is 2. The number of likely N-dealkylation sites (tertiary alicyclic amines) is 1. The molecule has 1 heterocycles. The Bertz CT molecular complexity index is 1390. The lowest BCUT2D eigenvalue weighted by atomic mass is 10.0. The van der Waals surface area contributed by atoms with Crippen LogP contribution in [0.1, 0.15) is 45.1 Å². The summed E-state index contributed by atoms with van der Waals surface area (Å²) in [5.74, 6) is 1.38. The third kappa shape index (κ3) is 10.7. The van der Waals surface area contributed by atoms with Gasteiger partial charge in [-0.2, -0.15) is 0 Å². The second-order valence-corrected chi connectivity index (χ2v) is 12.7. The van der Waals surface area contributed by atoms with Gasteiger partial charge in [0, 0.05) is 43.6 Å². The highest BCUT2D eigenvalue weighted by Gasteiger charge is 2.25. The molecule has 1 aliphatic rings. The quantitative estimate of drug-likeness (QED) is 0.224. The third-order valence-corrected chi connectivity index (χ3v) is 8.22. The van der Waals surface area contributed by atoms with Gasteiger partial charge in [-0.05, 0) is 85.0 Å². The molecule has 8 nitrogen and oxygen atoms in total. The molecule has 0 atom stereocenters. The molecule has 0 aliphatic carbocycles. The topological polar surface area (TPSA) is 91.0 Å². The maximum Gasteiger partial charge on any atom is 0.322 e. The maximum atomic E-state index is 13.5. The molecule has 234 valence electrons. The van der Waals surface area contributed by atoms with Crippen molar-refractivity contribution in [3.63, 3.8) is 0 Å². The Labute approximate surface area is 261 Å². The van der Waals surface area contributed by atoms with Gasteiger partial charge in [-0.25, -0.2) is 17.6 Å². The standard InChI is InChI=1S/C32H41FN4O4S.ClH/c1-4-24(5-2)23-37(29-12-8-26(33)9-13-29)32(38)34-27-18-20-36(21-19-27)22-25-6-14-30(15-7-25)41-31-16-10-28(11-17-31)35-42(3,39)40;/h6-17,24,27,35H,4-5,18-23H2,1-3H3,(H,34,38);1H. The lowest BCUT2D eigenvalue weighted by Gasteiger charge is -2.34. The summed E-state index contributed by atoms with van der Waals surface area (Å²) in [4.78, 5) is 17.5. The number of urea groups is 1. The van der Waals surface area contributed by atoms with E-state index in [0.717, 1.165) is 51.6 Å². The zero-order valence-corrected chi connectivity index (χ0v) is 26.6. The molecular formula is C32H42ClFN4O4S. The van der Waals surface area contributed by atoms with Crippen LogP contribution in [-0.2, 0) is 16.6 Å². The van der Waals surface area contributed by atoms with Crippen molar-refractivity contribution in [1.82, 2.24) is 10.2 Å². The number of carbonyl (C=O) groups excluding carboxylic acids is 1. The van der Waals surface area contributed by atoms with Crippen LogP contribution < -0.4 is 19.7 Å². The predicted octanol–water partition coefficient (Wildman–Crippen LogP) is 7.03. The Morgan fingerprint density at radius 3 is 2.05 bits per heavy atom. The lowest BCUT2D eigenvalue weighted by Crippen LogP contribution is -2.50. The maximum absolute atomic E-state index is 13.5. The van der Waals surface area contributed by atoms with Gasteiger partial charge in [-0.1, -0.05) is 38.8 Å². The fourth-order valence-corrected chi connectivity index (χ4v) is 5.65. The highest BCUT2D eigenvalue weighted by atomic mass is 35.5. The van der Waals surface area contributed by atoms with E-state index in [1.807, 2.05) is 24.3 Å². The van der Waals surface area contributed by atoms with E-state index in [-0.39, 0.29) is 30.3 Å². The highest BCUT2D eigenvalue weighted by molar-refractivity contribution is 7.92. The number of benzene rings is 3. The molecule has 0 aromatic heterocycles. The predicted molar refractivity (Wildman–Crippen MR) is 173 cm³/mol. The molecule has 0 saturated carbocycles. The largest absolute Gasteiger partial charge is 0.457 e. The summed E-state index contributed by atoms with van der Waals surface area (Å²) in [5, 5.41) is 3.23. The van der Waals surface area contributed by atoms with E-state index < -0.39 is 10.0 Å². The number of halogens is 2. The summed E-state index contributed by atoms with van der Waals surface area (Å²) in [7, 11) is -3.32. The van der Waals surface area contributed by atoms with E-state index in [9.17, 15) is 17.6 Å². The lowest BCUT2D eigenvalue weighted by molar-refractivity contribution is 0.188. The first-order valence-electron chi connectivity index (χ1n) is 14.5. The number of sulfonamides is 1.